The van der Waals surface area contributed by atoms with Crippen molar-refractivity contribution in [1.29, 1.82) is 0 Å². The molecule has 0 spiro atoms. The van der Waals surface area contributed by atoms with Crippen LogP contribution in [0.15, 0.2) is 108 Å². The second kappa shape index (κ2) is 14.3. The zero-order valence-electron chi connectivity index (χ0n) is 28.1. The number of alkyl carbamates (subject to hydrolysis) is 1. The van der Waals surface area contributed by atoms with Crippen LogP contribution in [-0.4, -0.2) is 63.3 Å². The van der Waals surface area contributed by atoms with Gasteiger partial charge in [0.05, 0.1) is 5.56 Å². The number of hydrogen-bond acceptors (Lipinski definition) is 7. The fraction of sp³-hybridized carbons (Fsp3) is 0.316. The molecule has 3 aliphatic rings. The molecule has 6 rings (SSSR count). The van der Waals surface area contributed by atoms with Crippen LogP contribution in [-0.2, 0) is 36.6 Å². The Balaban J connectivity index is 1.27. The molecule has 0 saturated carbocycles. The van der Waals surface area contributed by atoms with E-state index in [1.165, 1.54) is 33.7 Å². The Morgan fingerprint density at radius 3 is 2.12 bits per heavy atom. The van der Waals surface area contributed by atoms with Gasteiger partial charge < -0.3 is 24.6 Å². The van der Waals surface area contributed by atoms with Gasteiger partial charge in [0.15, 0.2) is 12.1 Å². The number of hydrogen-bond donors (Lipinski definition) is 1. The van der Waals surface area contributed by atoms with Gasteiger partial charge in [0.25, 0.3) is 0 Å². The maximum Gasteiger partial charge on any atom is 0.416 e. The number of carbonyl (C=O) groups excluding carboxylic acids is 4. The molecule has 2 saturated heterocycles. The van der Waals surface area contributed by atoms with Crippen LogP contribution in [0.4, 0.5) is 18.0 Å². The van der Waals surface area contributed by atoms with Crippen molar-refractivity contribution in [3.05, 3.63) is 130 Å². The number of rotatable bonds is 8. The Hall–Kier alpha value is -5.04. The van der Waals surface area contributed by atoms with Crippen LogP contribution in [0.5, 0.6) is 0 Å². The lowest BCUT2D eigenvalue weighted by molar-refractivity contribution is -0.164. The number of thioether (sulfide) groups is 1. The Morgan fingerprint density at radius 1 is 0.941 bits per heavy atom. The number of β-lactam (4-membered cyclic amide) rings is 1. The lowest BCUT2D eigenvalue weighted by Crippen LogP contribution is -2.74. The van der Waals surface area contributed by atoms with Gasteiger partial charge in [-0.2, -0.15) is 13.2 Å². The number of fused-ring (bicyclic) bond motifs is 1. The van der Waals surface area contributed by atoms with E-state index in [1.807, 2.05) is 60.7 Å². The number of ether oxygens (including phenoxy) is 2. The van der Waals surface area contributed by atoms with Crippen molar-refractivity contribution in [3.8, 4) is 0 Å². The van der Waals surface area contributed by atoms with Crippen molar-refractivity contribution in [2.24, 2.45) is 0 Å². The Morgan fingerprint density at radius 2 is 1.55 bits per heavy atom. The molecule has 3 heterocycles. The summed E-state index contributed by atoms with van der Waals surface area (Å²) in [5.41, 5.74) is 1.15. The van der Waals surface area contributed by atoms with Crippen LogP contribution in [0.2, 0.25) is 0 Å². The van der Waals surface area contributed by atoms with Gasteiger partial charge in [0.1, 0.15) is 17.0 Å². The molecule has 3 aromatic carbocycles. The molecule has 266 valence electrons. The van der Waals surface area contributed by atoms with Crippen molar-refractivity contribution in [2.45, 2.75) is 69.1 Å². The van der Waals surface area contributed by atoms with Gasteiger partial charge in [-0.1, -0.05) is 72.8 Å². The maximum atomic E-state index is 14.3. The highest BCUT2D eigenvalue weighted by Crippen LogP contribution is 2.42. The summed E-state index contributed by atoms with van der Waals surface area (Å²) in [5.74, 6) is -1.57. The van der Waals surface area contributed by atoms with Crippen LogP contribution in [0.1, 0.15) is 55.5 Å². The standard InChI is InChI=1S/C38H36F3N3O6S/c1-37(2,3)50-36(48)42-29-33(46)44-30(35(47)49-31(24-10-6-4-7-11-24)25-12-8-5-9-13-25)27(22-51-34(29)44)20-26-18-19-43(32(26)45)21-23-14-16-28(17-15-23)38(39,40)41/h4-17,20,22,29-31,34H,18-19,21H2,1-3H3,(H,42,48)/b26-20+/t29-,30-,34-/m1/s1. The molecule has 3 atom stereocenters. The van der Waals surface area contributed by atoms with Crippen LogP contribution in [0.25, 0.3) is 0 Å². The predicted octanol–water partition coefficient (Wildman–Crippen LogP) is 6.76. The first-order valence-corrected chi connectivity index (χ1v) is 17.3. The molecule has 13 heteroatoms. The molecule has 3 aromatic rings. The van der Waals surface area contributed by atoms with Gasteiger partial charge in [0, 0.05) is 18.7 Å². The van der Waals surface area contributed by atoms with Crippen LogP contribution < -0.4 is 5.32 Å². The van der Waals surface area contributed by atoms with E-state index in [4.69, 9.17) is 9.47 Å². The van der Waals surface area contributed by atoms with Crippen LogP contribution in [0, 0.1) is 0 Å². The van der Waals surface area contributed by atoms with Crippen molar-refractivity contribution in [3.63, 3.8) is 0 Å². The summed E-state index contributed by atoms with van der Waals surface area (Å²) in [6.07, 6.45) is -4.13. The monoisotopic (exact) mass is 719 g/mol. The summed E-state index contributed by atoms with van der Waals surface area (Å²) >= 11 is 1.22. The second-order valence-electron chi connectivity index (χ2n) is 13.4. The Kier molecular flexibility index (Phi) is 10.0. The zero-order chi connectivity index (χ0) is 36.5. The third-order valence-electron chi connectivity index (χ3n) is 8.56. The normalized spacial score (nSPS) is 21.3. The number of alkyl halides is 3. The minimum Gasteiger partial charge on any atom is -0.451 e. The number of benzene rings is 3. The first-order chi connectivity index (χ1) is 24.2. The van der Waals surface area contributed by atoms with Gasteiger partial charge in [-0.15, -0.1) is 11.8 Å². The van der Waals surface area contributed by atoms with Gasteiger partial charge in [-0.05, 0) is 73.1 Å². The number of esters is 1. The number of nitrogens with zero attached hydrogens (tertiary/aromatic N) is 2. The summed E-state index contributed by atoms with van der Waals surface area (Å²) in [6, 6.07) is 20.8. The lowest BCUT2D eigenvalue weighted by Gasteiger charge is -2.51. The summed E-state index contributed by atoms with van der Waals surface area (Å²) in [7, 11) is 0. The molecule has 0 unspecified atom stereocenters. The Bertz CT molecular complexity index is 1820. The van der Waals surface area contributed by atoms with E-state index < -0.39 is 58.9 Å². The molecule has 9 nitrogen and oxygen atoms in total. The molecular weight excluding hydrogens is 683 g/mol. The molecule has 0 bridgehead atoms. The van der Waals surface area contributed by atoms with E-state index in [0.717, 1.165) is 12.1 Å². The average Bonchev–Trinajstić information content (AvgIpc) is 3.43. The number of halogens is 3. The molecule has 51 heavy (non-hydrogen) atoms. The summed E-state index contributed by atoms with van der Waals surface area (Å²) in [4.78, 5) is 57.0. The number of amides is 3. The highest BCUT2D eigenvalue weighted by atomic mass is 32.2. The first kappa shape index (κ1) is 35.8. The van der Waals surface area contributed by atoms with Crippen LogP contribution in [0.3, 0.4) is 0 Å². The number of nitrogens with one attached hydrogen (secondary N) is 1. The van der Waals surface area contributed by atoms with E-state index in [9.17, 15) is 32.3 Å². The second-order valence-corrected chi connectivity index (χ2v) is 14.4. The summed E-state index contributed by atoms with van der Waals surface area (Å²) in [5, 5.41) is 3.67. The predicted molar refractivity (Wildman–Crippen MR) is 184 cm³/mol. The molecule has 3 aliphatic heterocycles. The fourth-order valence-corrected chi connectivity index (χ4v) is 7.34. The first-order valence-electron chi connectivity index (χ1n) is 16.3. The summed E-state index contributed by atoms with van der Waals surface area (Å²) in [6.45, 7) is 5.54. The smallest absolute Gasteiger partial charge is 0.416 e. The molecular formula is C38H36F3N3O6S. The minimum absolute atomic E-state index is 0.105. The maximum absolute atomic E-state index is 14.3. The van der Waals surface area contributed by atoms with E-state index in [-0.39, 0.29) is 12.5 Å². The van der Waals surface area contributed by atoms with E-state index in [1.54, 1.807) is 32.3 Å². The SMILES string of the molecule is CC(C)(C)OC(=O)N[C@@H]1C(=O)N2[C@@H](C(=O)OC(c3ccccc3)c3ccccc3)C(/C=C3\CCN(Cc4ccc(C(F)(F)F)cc4)C3=O)=CS[C@H]12. The highest BCUT2D eigenvalue weighted by molar-refractivity contribution is 8.03. The molecule has 2 fully saturated rings. The molecule has 0 radical (unpaired) electrons. The van der Waals surface area contributed by atoms with E-state index in [0.29, 0.717) is 40.8 Å². The summed E-state index contributed by atoms with van der Waals surface area (Å²) < 4.78 is 50.7. The van der Waals surface area contributed by atoms with Crippen LogP contribution >= 0.6 is 11.8 Å². The highest BCUT2D eigenvalue weighted by Gasteiger charge is 2.56. The minimum atomic E-state index is -4.47. The quantitative estimate of drug-likeness (QED) is 0.156. The third-order valence-corrected chi connectivity index (χ3v) is 9.75. The van der Waals surface area contributed by atoms with Gasteiger partial charge in [-0.25, -0.2) is 9.59 Å². The van der Waals surface area contributed by atoms with Gasteiger partial charge >= 0.3 is 18.2 Å². The third kappa shape index (κ3) is 7.98. The largest absolute Gasteiger partial charge is 0.451 e. The Labute approximate surface area is 297 Å². The molecule has 0 aliphatic carbocycles. The molecule has 3 amide bonds. The number of carbonyl (C=O) groups is 4. The molecule has 0 aromatic heterocycles. The van der Waals surface area contributed by atoms with Crippen molar-refractivity contribution in [1.82, 2.24) is 15.1 Å². The number of likely N-dealkylation sites (tertiary alicyclic amines) is 1. The van der Waals surface area contributed by atoms with Gasteiger partial charge in [-0.3, -0.25) is 9.59 Å². The van der Waals surface area contributed by atoms with E-state index >= 15 is 0 Å². The zero-order valence-corrected chi connectivity index (χ0v) is 28.9. The van der Waals surface area contributed by atoms with Gasteiger partial charge in [0.2, 0.25) is 11.8 Å². The lowest BCUT2D eigenvalue weighted by atomic mass is 9.95. The fourth-order valence-electron chi connectivity index (χ4n) is 6.15. The van der Waals surface area contributed by atoms with Crippen molar-refractivity contribution in [2.75, 3.05) is 6.54 Å². The molecule has 1 N–H and O–H groups in total. The van der Waals surface area contributed by atoms with Crippen molar-refractivity contribution < 1.29 is 41.8 Å². The average molecular weight is 720 g/mol. The van der Waals surface area contributed by atoms with Crippen molar-refractivity contribution >= 4 is 35.6 Å². The van der Waals surface area contributed by atoms with E-state index in [2.05, 4.69) is 5.32 Å². The topological polar surface area (TPSA) is 105 Å².